The van der Waals surface area contributed by atoms with E-state index in [1.54, 1.807) is 8.97 Å². The van der Waals surface area contributed by atoms with E-state index in [9.17, 15) is 4.79 Å². The van der Waals surface area contributed by atoms with E-state index in [1.807, 2.05) is 48.8 Å². The quantitative estimate of drug-likeness (QED) is 0.532. The minimum atomic E-state index is -0.0182. The highest BCUT2D eigenvalue weighted by molar-refractivity contribution is 5.95. The fourth-order valence-electron chi connectivity index (χ4n) is 3.86. The van der Waals surface area contributed by atoms with Gasteiger partial charge in [-0.3, -0.25) is 0 Å². The largest absolute Gasteiger partial charge is 0.508 e. The SMILES string of the molecule is O=c1n2ccc3cccc(c[n+]1-c1ccccc1N1CCCC1)c32. The van der Waals surface area contributed by atoms with Gasteiger partial charge in [0.05, 0.1) is 11.1 Å². The summed E-state index contributed by atoms with van der Waals surface area (Å²) in [5.74, 6) is 0. The molecule has 4 heteroatoms. The van der Waals surface area contributed by atoms with Gasteiger partial charge in [-0.05, 0) is 37.1 Å². The normalized spacial score (nSPS) is 14.9. The lowest BCUT2D eigenvalue weighted by Crippen LogP contribution is -2.51. The zero-order chi connectivity index (χ0) is 16.1. The topological polar surface area (TPSA) is 28.6 Å². The van der Waals surface area contributed by atoms with Crippen LogP contribution < -0.4 is 15.2 Å². The molecular weight excluding hydrogens is 298 g/mol. The molecule has 3 heterocycles. The van der Waals surface area contributed by atoms with Crippen molar-refractivity contribution in [1.29, 1.82) is 0 Å². The van der Waals surface area contributed by atoms with Crippen LogP contribution in [0.25, 0.3) is 22.0 Å². The molecule has 118 valence electrons. The van der Waals surface area contributed by atoms with E-state index in [2.05, 4.69) is 17.0 Å². The molecule has 0 saturated carbocycles. The zero-order valence-electron chi connectivity index (χ0n) is 13.4. The van der Waals surface area contributed by atoms with Crippen molar-refractivity contribution < 1.29 is 4.57 Å². The summed E-state index contributed by atoms with van der Waals surface area (Å²) < 4.78 is 3.54. The second-order valence-electron chi connectivity index (χ2n) is 6.44. The van der Waals surface area contributed by atoms with E-state index >= 15 is 0 Å². The van der Waals surface area contributed by atoms with Gasteiger partial charge in [-0.25, -0.2) is 0 Å². The predicted molar refractivity (Wildman–Crippen MR) is 95.3 cm³/mol. The summed E-state index contributed by atoms with van der Waals surface area (Å²) in [5.41, 5.74) is 3.08. The molecule has 0 bridgehead atoms. The first kappa shape index (κ1) is 13.5. The Bertz CT molecular complexity index is 1090. The van der Waals surface area contributed by atoms with E-state index in [-0.39, 0.29) is 5.69 Å². The van der Waals surface area contributed by atoms with E-state index in [4.69, 9.17) is 0 Å². The number of nitrogens with zero attached hydrogens (tertiary/aromatic N) is 3. The number of para-hydroxylation sites is 3. The molecule has 0 N–H and O–H groups in total. The van der Waals surface area contributed by atoms with Crippen molar-refractivity contribution in [3.8, 4) is 5.69 Å². The number of rotatable bonds is 2. The summed E-state index contributed by atoms with van der Waals surface area (Å²) >= 11 is 0. The Morgan fingerprint density at radius 2 is 1.67 bits per heavy atom. The Labute approximate surface area is 139 Å². The molecule has 24 heavy (non-hydrogen) atoms. The fraction of sp³-hybridized carbons (Fsp3) is 0.200. The van der Waals surface area contributed by atoms with Gasteiger partial charge in [0.2, 0.25) is 0 Å². The van der Waals surface area contributed by atoms with Gasteiger partial charge in [0, 0.05) is 18.5 Å². The van der Waals surface area contributed by atoms with Crippen molar-refractivity contribution in [2.75, 3.05) is 18.0 Å². The van der Waals surface area contributed by atoms with E-state index < -0.39 is 0 Å². The second kappa shape index (κ2) is 5.06. The third-order valence-corrected chi connectivity index (χ3v) is 5.01. The van der Waals surface area contributed by atoms with Crippen LogP contribution in [0.15, 0.2) is 65.7 Å². The summed E-state index contributed by atoms with van der Waals surface area (Å²) in [5, 5.41) is 2.18. The van der Waals surface area contributed by atoms with Crippen LogP contribution in [0.4, 0.5) is 5.69 Å². The average Bonchev–Trinajstić information content (AvgIpc) is 3.29. The summed E-state index contributed by atoms with van der Waals surface area (Å²) in [6, 6.07) is 16.4. The number of hydrogen-bond acceptors (Lipinski definition) is 2. The lowest BCUT2D eigenvalue weighted by atomic mass is 10.2. The van der Waals surface area contributed by atoms with Crippen molar-refractivity contribution in [2.45, 2.75) is 12.8 Å². The summed E-state index contributed by atoms with van der Waals surface area (Å²) in [4.78, 5) is 15.4. The average molecular weight is 316 g/mol. The Balaban J connectivity index is 1.81. The third-order valence-electron chi connectivity index (χ3n) is 5.01. The highest BCUT2D eigenvalue weighted by Crippen LogP contribution is 2.25. The van der Waals surface area contributed by atoms with E-state index in [0.717, 1.165) is 40.8 Å². The molecule has 1 fully saturated rings. The van der Waals surface area contributed by atoms with Gasteiger partial charge in [0.1, 0.15) is 12.4 Å². The summed E-state index contributed by atoms with van der Waals surface area (Å²) in [7, 11) is 0. The molecule has 1 aliphatic rings. The van der Waals surface area contributed by atoms with Crippen molar-refractivity contribution in [3.63, 3.8) is 0 Å². The molecular formula is C20H18N3O+. The molecule has 0 unspecified atom stereocenters. The molecule has 0 atom stereocenters. The first-order valence-electron chi connectivity index (χ1n) is 8.45. The van der Waals surface area contributed by atoms with Gasteiger partial charge in [0.25, 0.3) is 0 Å². The maximum absolute atomic E-state index is 13.1. The first-order valence-corrected chi connectivity index (χ1v) is 8.45. The number of anilines is 1. The first-order chi connectivity index (χ1) is 11.8. The van der Waals surface area contributed by atoms with E-state index in [0.29, 0.717) is 0 Å². The van der Waals surface area contributed by atoms with Crippen LogP contribution in [-0.4, -0.2) is 17.5 Å². The smallest absolute Gasteiger partial charge is 0.368 e. The predicted octanol–water partition coefficient (Wildman–Crippen LogP) is 2.77. The molecule has 4 aromatic rings. The lowest BCUT2D eigenvalue weighted by Gasteiger charge is -2.19. The molecule has 0 aliphatic carbocycles. The van der Waals surface area contributed by atoms with Crippen LogP contribution in [-0.2, 0) is 0 Å². The molecule has 0 spiro atoms. The van der Waals surface area contributed by atoms with Crippen molar-refractivity contribution in [1.82, 2.24) is 4.40 Å². The summed E-state index contributed by atoms with van der Waals surface area (Å²) in [6.07, 6.45) is 6.27. The van der Waals surface area contributed by atoms with Crippen molar-refractivity contribution >= 4 is 22.0 Å². The monoisotopic (exact) mass is 316 g/mol. The maximum Gasteiger partial charge on any atom is 0.508 e. The second-order valence-corrected chi connectivity index (χ2v) is 6.44. The molecule has 2 aromatic carbocycles. The number of benzene rings is 2. The highest BCUT2D eigenvalue weighted by atomic mass is 16.1. The molecule has 1 saturated heterocycles. The number of hydrogen-bond donors (Lipinski definition) is 0. The van der Waals surface area contributed by atoms with Crippen LogP contribution in [0.5, 0.6) is 0 Å². The van der Waals surface area contributed by atoms with Gasteiger partial charge in [-0.1, -0.05) is 24.3 Å². The minimum Gasteiger partial charge on any atom is -0.368 e. The van der Waals surface area contributed by atoms with Gasteiger partial charge in [-0.15, -0.1) is 0 Å². The highest BCUT2D eigenvalue weighted by Gasteiger charge is 2.23. The van der Waals surface area contributed by atoms with Crippen molar-refractivity contribution in [2.24, 2.45) is 0 Å². The van der Waals surface area contributed by atoms with Crippen LogP contribution in [0.2, 0.25) is 0 Å². The van der Waals surface area contributed by atoms with Crippen LogP contribution in [0, 0.1) is 0 Å². The molecule has 1 aliphatic heterocycles. The van der Waals surface area contributed by atoms with Crippen LogP contribution >= 0.6 is 0 Å². The zero-order valence-corrected chi connectivity index (χ0v) is 13.4. The maximum atomic E-state index is 13.1. The Morgan fingerprint density at radius 3 is 2.54 bits per heavy atom. The van der Waals surface area contributed by atoms with Crippen LogP contribution in [0.1, 0.15) is 12.8 Å². The van der Waals surface area contributed by atoms with Gasteiger partial charge in [-0.2, -0.15) is 13.8 Å². The van der Waals surface area contributed by atoms with Gasteiger partial charge >= 0.3 is 5.69 Å². The molecule has 0 amide bonds. The Kier molecular flexibility index (Phi) is 2.86. The Hall–Kier alpha value is -2.88. The molecule has 0 radical (unpaired) electrons. The minimum absolute atomic E-state index is 0.0182. The van der Waals surface area contributed by atoms with Crippen molar-refractivity contribution in [3.05, 3.63) is 71.4 Å². The molecule has 4 nitrogen and oxygen atoms in total. The lowest BCUT2D eigenvalue weighted by molar-refractivity contribution is -0.613. The summed E-state index contributed by atoms with van der Waals surface area (Å²) in [6.45, 7) is 2.12. The van der Waals surface area contributed by atoms with Gasteiger partial charge in [0.15, 0.2) is 11.2 Å². The Morgan fingerprint density at radius 1 is 0.875 bits per heavy atom. The fourth-order valence-corrected chi connectivity index (χ4v) is 3.86. The standard InChI is InChI=1S/C20H18N3O/c24-20-22-13-10-15-6-5-7-16(19(15)22)14-23(20)18-9-2-1-8-17(18)21-11-3-4-12-21/h1-2,5-10,13-14H,3-4,11-12H2/q+1. The third kappa shape index (κ3) is 1.86. The van der Waals surface area contributed by atoms with Crippen LogP contribution in [0.3, 0.4) is 0 Å². The molecule has 2 aromatic heterocycles. The number of aromatic nitrogens is 2. The molecule has 5 rings (SSSR count). The van der Waals surface area contributed by atoms with Gasteiger partial charge < -0.3 is 4.90 Å². The van der Waals surface area contributed by atoms with E-state index in [1.165, 1.54) is 12.8 Å².